The maximum Gasteiger partial charge on any atom is 0.255 e. The van der Waals surface area contributed by atoms with E-state index in [0.29, 0.717) is 17.8 Å². The van der Waals surface area contributed by atoms with Crippen LogP contribution in [0.3, 0.4) is 0 Å². The molecule has 1 saturated heterocycles. The number of fused-ring (bicyclic) bond motifs is 1. The van der Waals surface area contributed by atoms with Gasteiger partial charge in [-0.25, -0.2) is 4.98 Å². The number of H-pyrrole nitrogens is 1. The van der Waals surface area contributed by atoms with Crippen molar-refractivity contribution in [2.45, 2.75) is 25.8 Å². The van der Waals surface area contributed by atoms with Crippen molar-refractivity contribution in [3.05, 3.63) is 42.0 Å². The fourth-order valence-electron chi connectivity index (χ4n) is 3.17. The number of pyridine rings is 1. The Balaban J connectivity index is 1.58. The van der Waals surface area contributed by atoms with Gasteiger partial charge in [-0.15, -0.1) is 0 Å². The Labute approximate surface area is 133 Å². The average molecular weight is 310 g/mol. The lowest BCUT2D eigenvalue weighted by molar-refractivity contribution is 0.0673. The fourth-order valence-corrected chi connectivity index (χ4v) is 3.17. The molecular weight excluding hydrogens is 292 g/mol. The van der Waals surface area contributed by atoms with Crippen molar-refractivity contribution in [2.75, 3.05) is 13.1 Å². The van der Waals surface area contributed by atoms with E-state index >= 15 is 0 Å². The van der Waals surface area contributed by atoms with E-state index in [-0.39, 0.29) is 11.9 Å². The molecule has 0 unspecified atom stereocenters. The van der Waals surface area contributed by atoms with Crippen LogP contribution in [-0.4, -0.2) is 48.9 Å². The van der Waals surface area contributed by atoms with E-state index in [9.17, 15) is 4.79 Å². The Morgan fingerprint density at radius 1 is 1.43 bits per heavy atom. The summed E-state index contributed by atoms with van der Waals surface area (Å²) in [7, 11) is 0. The summed E-state index contributed by atoms with van der Waals surface area (Å²) in [5, 5.41) is 12.2. The molecule has 4 heterocycles. The van der Waals surface area contributed by atoms with Crippen molar-refractivity contribution in [1.82, 2.24) is 29.9 Å². The van der Waals surface area contributed by atoms with E-state index in [1.54, 1.807) is 12.4 Å². The highest BCUT2D eigenvalue weighted by Gasteiger charge is 2.26. The van der Waals surface area contributed by atoms with Crippen molar-refractivity contribution in [3.8, 4) is 0 Å². The molecule has 1 atom stereocenters. The first-order valence-corrected chi connectivity index (χ1v) is 7.81. The minimum atomic E-state index is 0.0249. The monoisotopic (exact) mass is 310 g/mol. The summed E-state index contributed by atoms with van der Waals surface area (Å²) in [6.07, 6.45) is 7.38. The number of aromatic nitrogens is 5. The number of aromatic amines is 1. The predicted octanol–water partition coefficient (Wildman–Crippen LogP) is 1.94. The third kappa shape index (κ3) is 2.48. The number of piperidine rings is 1. The van der Waals surface area contributed by atoms with Crippen LogP contribution in [0.5, 0.6) is 0 Å². The second-order valence-electron chi connectivity index (χ2n) is 5.98. The zero-order valence-electron chi connectivity index (χ0n) is 12.9. The molecule has 118 valence electrons. The highest BCUT2D eigenvalue weighted by atomic mass is 16.2. The average Bonchev–Trinajstić information content (AvgIpc) is 3.25. The summed E-state index contributed by atoms with van der Waals surface area (Å²) in [6, 6.07) is 4.04. The van der Waals surface area contributed by atoms with Crippen molar-refractivity contribution in [1.29, 1.82) is 0 Å². The largest absolute Gasteiger partial charge is 0.336 e. The zero-order chi connectivity index (χ0) is 15.8. The molecule has 0 saturated carbocycles. The molecule has 1 aliphatic rings. The number of aryl methyl sites for hydroxylation is 1. The van der Waals surface area contributed by atoms with Gasteiger partial charge in [-0.05, 0) is 31.9 Å². The standard InChI is InChI=1S/C16H18N6O/c1-11-14-8-12(9-17-15(14)20-19-11)16(23)21-6-2-4-13(10-21)22-7-3-5-18-22/h3,5,7-9,13H,2,4,6,10H2,1H3,(H,17,19,20)/t13-/m1/s1. The first-order chi connectivity index (χ1) is 11.2. The summed E-state index contributed by atoms with van der Waals surface area (Å²) in [6.45, 7) is 3.39. The maximum atomic E-state index is 12.8. The summed E-state index contributed by atoms with van der Waals surface area (Å²) < 4.78 is 1.95. The van der Waals surface area contributed by atoms with Gasteiger partial charge < -0.3 is 4.90 Å². The van der Waals surface area contributed by atoms with E-state index in [4.69, 9.17) is 0 Å². The van der Waals surface area contributed by atoms with Gasteiger partial charge in [0.15, 0.2) is 5.65 Å². The molecule has 1 aliphatic heterocycles. The molecule has 0 radical (unpaired) electrons. The number of likely N-dealkylation sites (tertiary alicyclic amines) is 1. The van der Waals surface area contributed by atoms with Gasteiger partial charge >= 0.3 is 0 Å². The molecule has 0 spiro atoms. The van der Waals surface area contributed by atoms with Crippen molar-refractivity contribution < 1.29 is 4.79 Å². The third-order valence-corrected chi connectivity index (χ3v) is 4.43. The summed E-state index contributed by atoms with van der Waals surface area (Å²) in [5.74, 6) is 0.0249. The maximum absolute atomic E-state index is 12.8. The summed E-state index contributed by atoms with van der Waals surface area (Å²) in [5.41, 5.74) is 2.19. The van der Waals surface area contributed by atoms with Gasteiger partial charge in [0.25, 0.3) is 5.91 Å². The van der Waals surface area contributed by atoms with E-state index in [1.807, 2.05) is 34.8 Å². The van der Waals surface area contributed by atoms with Crippen LogP contribution in [0.25, 0.3) is 11.0 Å². The summed E-state index contributed by atoms with van der Waals surface area (Å²) in [4.78, 5) is 19.0. The lowest BCUT2D eigenvalue weighted by atomic mass is 10.0. The molecular formula is C16H18N6O. The number of nitrogens with zero attached hydrogens (tertiary/aromatic N) is 5. The Bertz CT molecular complexity index is 838. The lowest BCUT2D eigenvalue weighted by Crippen LogP contribution is -2.40. The number of carbonyl (C=O) groups excluding carboxylic acids is 1. The molecule has 7 nitrogen and oxygen atoms in total. The number of hydrogen-bond acceptors (Lipinski definition) is 4. The number of amides is 1. The van der Waals surface area contributed by atoms with Crippen LogP contribution in [0.1, 0.15) is 34.9 Å². The first-order valence-electron chi connectivity index (χ1n) is 7.81. The van der Waals surface area contributed by atoms with Gasteiger partial charge in [0.2, 0.25) is 0 Å². The van der Waals surface area contributed by atoms with Gasteiger partial charge in [-0.1, -0.05) is 0 Å². The van der Waals surface area contributed by atoms with Crippen LogP contribution >= 0.6 is 0 Å². The fraction of sp³-hybridized carbons (Fsp3) is 0.375. The molecule has 3 aromatic rings. The Kier molecular flexibility index (Phi) is 3.33. The topological polar surface area (TPSA) is 79.7 Å². The molecule has 1 fully saturated rings. The Morgan fingerprint density at radius 3 is 3.17 bits per heavy atom. The number of carbonyl (C=O) groups is 1. The van der Waals surface area contributed by atoms with E-state index in [2.05, 4.69) is 20.3 Å². The quantitative estimate of drug-likeness (QED) is 0.784. The van der Waals surface area contributed by atoms with Crippen LogP contribution in [-0.2, 0) is 0 Å². The molecule has 0 bridgehead atoms. The molecule has 3 aromatic heterocycles. The highest BCUT2D eigenvalue weighted by Crippen LogP contribution is 2.23. The van der Waals surface area contributed by atoms with E-state index < -0.39 is 0 Å². The minimum absolute atomic E-state index is 0.0249. The van der Waals surface area contributed by atoms with Crippen molar-refractivity contribution in [2.24, 2.45) is 0 Å². The molecule has 1 N–H and O–H groups in total. The van der Waals surface area contributed by atoms with Crippen molar-refractivity contribution in [3.63, 3.8) is 0 Å². The van der Waals surface area contributed by atoms with Gasteiger partial charge in [-0.3, -0.25) is 14.6 Å². The van der Waals surface area contributed by atoms with Crippen LogP contribution in [0.15, 0.2) is 30.7 Å². The molecule has 7 heteroatoms. The van der Waals surface area contributed by atoms with Gasteiger partial charge in [-0.2, -0.15) is 10.2 Å². The minimum Gasteiger partial charge on any atom is -0.336 e. The van der Waals surface area contributed by atoms with Crippen LogP contribution in [0, 0.1) is 6.92 Å². The Hall–Kier alpha value is -2.70. The second-order valence-corrected chi connectivity index (χ2v) is 5.98. The Morgan fingerprint density at radius 2 is 2.35 bits per heavy atom. The highest BCUT2D eigenvalue weighted by molar-refractivity contribution is 5.97. The molecule has 0 aliphatic carbocycles. The van der Waals surface area contributed by atoms with E-state index in [1.165, 1.54) is 0 Å². The lowest BCUT2D eigenvalue weighted by Gasteiger charge is -2.32. The van der Waals surface area contributed by atoms with Crippen LogP contribution < -0.4 is 0 Å². The van der Waals surface area contributed by atoms with Gasteiger partial charge in [0.05, 0.1) is 11.6 Å². The van der Waals surface area contributed by atoms with Crippen LogP contribution in [0.4, 0.5) is 0 Å². The summed E-state index contributed by atoms with van der Waals surface area (Å²) >= 11 is 0. The number of rotatable bonds is 2. The van der Waals surface area contributed by atoms with Gasteiger partial charge in [0, 0.05) is 42.8 Å². The zero-order valence-corrected chi connectivity index (χ0v) is 12.9. The SMILES string of the molecule is Cc1[nH]nc2ncc(C(=O)N3CCC[C@@H](n4cccn4)C3)cc12. The molecule has 1 amide bonds. The van der Waals surface area contributed by atoms with Crippen molar-refractivity contribution >= 4 is 16.9 Å². The predicted molar refractivity (Wildman–Crippen MR) is 85.0 cm³/mol. The number of nitrogens with one attached hydrogen (secondary N) is 1. The normalized spacial score (nSPS) is 18.5. The first kappa shape index (κ1) is 13.9. The third-order valence-electron chi connectivity index (χ3n) is 4.43. The second kappa shape index (κ2) is 5.49. The van der Waals surface area contributed by atoms with Crippen LogP contribution in [0.2, 0.25) is 0 Å². The molecule has 4 rings (SSSR count). The number of hydrogen-bond donors (Lipinski definition) is 1. The molecule has 0 aromatic carbocycles. The van der Waals surface area contributed by atoms with E-state index in [0.717, 1.165) is 30.5 Å². The smallest absolute Gasteiger partial charge is 0.255 e. The molecule has 23 heavy (non-hydrogen) atoms. The van der Waals surface area contributed by atoms with Gasteiger partial charge in [0.1, 0.15) is 0 Å².